The van der Waals surface area contributed by atoms with Gasteiger partial charge in [0.15, 0.2) is 0 Å². The summed E-state index contributed by atoms with van der Waals surface area (Å²) >= 11 is 0. The molecule has 0 aliphatic rings. The molecule has 0 saturated heterocycles. The Morgan fingerprint density at radius 1 is 0.431 bits per heavy atom. The van der Waals surface area contributed by atoms with Crippen molar-refractivity contribution in [2.24, 2.45) is 17.4 Å². The molecular formula is C51H62N14O7. The zero-order valence-electron chi connectivity index (χ0n) is 40.0. The molecule has 0 aliphatic heterocycles. The molecule has 7 atom stereocenters. The highest BCUT2D eigenvalue weighted by Crippen LogP contribution is 2.12. The van der Waals surface area contributed by atoms with Crippen molar-refractivity contribution in [2.75, 3.05) is 0 Å². The van der Waals surface area contributed by atoms with Crippen LogP contribution < -0.4 is 43.4 Å². The minimum atomic E-state index is -1.34. The zero-order valence-corrected chi connectivity index (χ0v) is 40.0. The van der Waals surface area contributed by atoms with Crippen molar-refractivity contribution >= 4 is 41.4 Å². The average Bonchev–Trinajstić information content (AvgIpc) is 4.20. The summed E-state index contributed by atoms with van der Waals surface area (Å²) in [5.41, 5.74) is 15.8. The summed E-state index contributed by atoms with van der Waals surface area (Å²) in [4.78, 5) is 119. The van der Waals surface area contributed by atoms with Crippen LogP contribution >= 0.6 is 0 Å². The summed E-state index contributed by atoms with van der Waals surface area (Å²) < 4.78 is 0. The third kappa shape index (κ3) is 16.6. The van der Waals surface area contributed by atoms with Gasteiger partial charge in [-0.3, -0.25) is 33.6 Å². The van der Waals surface area contributed by atoms with Gasteiger partial charge in [-0.1, -0.05) is 105 Å². The van der Waals surface area contributed by atoms with E-state index in [1.807, 2.05) is 50.2 Å². The molecule has 72 heavy (non-hydrogen) atoms. The van der Waals surface area contributed by atoms with E-state index in [0.29, 0.717) is 22.6 Å². The largest absolute Gasteiger partial charge is 0.368 e. The lowest BCUT2D eigenvalue weighted by molar-refractivity contribution is -0.135. The minimum Gasteiger partial charge on any atom is -0.368 e. The fourth-order valence-corrected chi connectivity index (χ4v) is 7.91. The molecule has 0 saturated carbocycles. The first-order valence-electron chi connectivity index (χ1n) is 23.6. The molecule has 0 aliphatic carbocycles. The number of nitrogens with two attached hydrogens (primary N) is 2. The number of nitrogens with zero attached hydrogens (tertiary/aromatic N) is 3. The highest BCUT2D eigenvalue weighted by Gasteiger charge is 2.35. The normalized spacial score (nSPS) is 14.1. The number of imidazole rings is 3. The maximum absolute atomic E-state index is 14.6. The fraction of sp³-hybridized carbons (Fsp3) is 0.333. The lowest BCUT2D eigenvalue weighted by Crippen LogP contribution is -2.61. The van der Waals surface area contributed by atoms with E-state index < -0.39 is 83.6 Å². The summed E-state index contributed by atoms with van der Waals surface area (Å²) in [5.74, 6) is -5.16. The minimum absolute atomic E-state index is 0.0187. The van der Waals surface area contributed by atoms with E-state index in [1.54, 1.807) is 54.6 Å². The van der Waals surface area contributed by atoms with E-state index >= 15 is 0 Å². The number of benzene rings is 3. The first-order valence-corrected chi connectivity index (χ1v) is 23.6. The summed E-state index contributed by atoms with van der Waals surface area (Å²) in [6, 6.07) is 18.6. The van der Waals surface area contributed by atoms with Crippen LogP contribution in [0.1, 0.15) is 54.0 Å². The van der Waals surface area contributed by atoms with E-state index in [-0.39, 0.29) is 50.9 Å². The molecule has 21 heteroatoms. The van der Waals surface area contributed by atoms with Crippen molar-refractivity contribution in [2.45, 2.75) is 101 Å². The fourth-order valence-electron chi connectivity index (χ4n) is 7.91. The molecule has 7 amide bonds. The van der Waals surface area contributed by atoms with Gasteiger partial charge in [0, 0.05) is 67.8 Å². The van der Waals surface area contributed by atoms with E-state index in [1.165, 1.54) is 37.6 Å². The smallest absolute Gasteiger partial charge is 0.243 e. The molecule has 21 nitrogen and oxygen atoms in total. The molecule has 0 bridgehead atoms. The first kappa shape index (κ1) is 52.9. The number of carbonyl (C=O) groups excluding carboxylic acids is 7. The summed E-state index contributed by atoms with van der Waals surface area (Å²) in [6.45, 7) is 3.70. The highest BCUT2D eigenvalue weighted by molar-refractivity contribution is 5.97. The van der Waals surface area contributed by atoms with Gasteiger partial charge in [0.2, 0.25) is 41.4 Å². The van der Waals surface area contributed by atoms with Gasteiger partial charge in [0.1, 0.15) is 36.3 Å². The maximum atomic E-state index is 14.6. The van der Waals surface area contributed by atoms with Crippen LogP contribution in [0.5, 0.6) is 0 Å². The molecular weight excluding hydrogens is 921 g/mol. The quantitative estimate of drug-likeness (QED) is 0.0335. The Morgan fingerprint density at radius 3 is 1.08 bits per heavy atom. The molecule has 3 aromatic heterocycles. The van der Waals surface area contributed by atoms with Crippen LogP contribution in [0.25, 0.3) is 0 Å². The van der Waals surface area contributed by atoms with Crippen LogP contribution in [-0.4, -0.2) is 114 Å². The predicted octanol–water partition coefficient (Wildman–Crippen LogP) is 0.379. The summed E-state index contributed by atoms with van der Waals surface area (Å²) in [6.07, 6.45) is 8.95. The van der Waals surface area contributed by atoms with Crippen molar-refractivity contribution < 1.29 is 33.6 Å². The molecule has 0 unspecified atom stereocenters. The number of carbonyl (C=O) groups is 7. The van der Waals surface area contributed by atoms with Crippen LogP contribution in [0.2, 0.25) is 0 Å². The number of aromatic amines is 3. The summed E-state index contributed by atoms with van der Waals surface area (Å²) in [5, 5.41) is 16.6. The van der Waals surface area contributed by atoms with Gasteiger partial charge in [-0.2, -0.15) is 0 Å². The van der Waals surface area contributed by atoms with E-state index in [4.69, 9.17) is 11.5 Å². The SMILES string of the molecule is CC(C)C[C@H](NC(=O)[C@H](Cc1cnc[nH]1)NC(=O)[C@H](Cc1ccccc1)NC(=O)[C@H](Cc1cnc[nH]1)NC(=O)[C@@H](N)Cc1ccccc1)C(=O)N[C@@H](Cc1cnc[nH]1)C(=O)N[C@@H](Cc1ccccc1)C(N)=O. The molecule has 13 N–H and O–H groups in total. The maximum Gasteiger partial charge on any atom is 0.243 e. The van der Waals surface area contributed by atoms with E-state index in [0.717, 1.165) is 11.1 Å². The molecule has 6 aromatic rings. The lowest BCUT2D eigenvalue weighted by Gasteiger charge is -2.28. The van der Waals surface area contributed by atoms with Crippen molar-refractivity contribution in [3.05, 3.63) is 162 Å². The van der Waals surface area contributed by atoms with Gasteiger partial charge in [0.25, 0.3) is 0 Å². The third-order valence-corrected chi connectivity index (χ3v) is 11.7. The van der Waals surface area contributed by atoms with E-state index in [2.05, 4.69) is 61.8 Å². The zero-order chi connectivity index (χ0) is 51.4. The van der Waals surface area contributed by atoms with Crippen molar-refractivity contribution in [3.63, 3.8) is 0 Å². The van der Waals surface area contributed by atoms with Gasteiger partial charge >= 0.3 is 0 Å². The highest BCUT2D eigenvalue weighted by atomic mass is 16.2. The Morgan fingerprint density at radius 2 is 0.736 bits per heavy atom. The topological polar surface area (TPSA) is 330 Å². The first-order chi connectivity index (χ1) is 34.7. The number of H-pyrrole nitrogens is 3. The Hall–Kier alpha value is -8.46. The van der Waals surface area contributed by atoms with E-state index in [9.17, 15) is 33.6 Å². The van der Waals surface area contributed by atoms with Crippen LogP contribution in [-0.2, 0) is 72.1 Å². The number of amides is 7. The Labute approximate surface area is 416 Å². The monoisotopic (exact) mass is 982 g/mol. The second-order valence-corrected chi connectivity index (χ2v) is 17.9. The van der Waals surface area contributed by atoms with Crippen LogP contribution in [0, 0.1) is 5.92 Å². The number of hydrogen-bond donors (Lipinski definition) is 11. The molecule has 0 fully saturated rings. The van der Waals surface area contributed by atoms with Crippen molar-refractivity contribution in [1.82, 2.24) is 61.8 Å². The second kappa shape index (κ2) is 26.5. The van der Waals surface area contributed by atoms with Crippen molar-refractivity contribution in [1.29, 1.82) is 0 Å². The van der Waals surface area contributed by atoms with Crippen molar-refractivity contribution in [3.8, 4) is 0 Å². The summed E-state index contributed by atoms with van der Waals surface area (Å²) in [7, 11) is 0. The lowest BCUT2D eigenvalue weighted by atomic mass is 10.00. The second-order valence-electron chi connectivity index (χ2n) is 17.9. The molecule has 3 aromatic carbocycles. The standard InChI is InChI=1S/C51H62N14O7/c1-31(2)18-40(47(68)64-43(23-36-26-55-29-58-36)49(70)60-39(45(53)66)20-33-14-8-4-9-15-33)62-51(72)44(24-37-27-56-30-59-37)65-48(69)41(21-34-16-10-5-11-17-34)63-50(71)42(22-35-25-54-28-57-35)61-46(67)38(52)19-32-12-6-3-7-13-32/h3-17,25-31,38-44H,18-24,52H2,1-2H3,(H2,53,66)(H,54,57)(H,55,58)(H,56,59)(H,60,70)(H,61,67)(H,62,72)(H,63,71)(H,64,68)(H,65,69)/t38-,39-,40-,41-,42-,43-,44-/m0/s1. The van der Waals surface area contributed by atoms with Gasteiger partial charge in [0.05, 0.1) is 25.0 Å². The molecule has 0 radical (unpaired) electrons. The molecule has 378 valence electrons. The Kier molecular flexibility index (Phi) is 19.5. The van der Waals surface area contributed by atoms with Crippen LogP contribution in [0.4, 0.5) is 0 Å². The van der Waals surface area contributed by atoms with Crippen LogP contribution in [0.15, 0.2) is 129 Å². The average molecular weight is 983 g/mol. The predicted molar refractivity (Wildman–Crippen MR) is 266 cm³/mol. The number of nitrogens with one attached hydrogen (secondary N) is 9. The Bertz CT molecular complexity index is 2650. The molecule has 6 rings (SSSR count). The number of primary amides is 1. The molecule has 0 spiro atoms. The Balaban J connectivity index is 1.22. The third-order valence-electron chi connectivity index (χ3n) is 11.7. The number of aromatic nitrogens is 6. The van der Waals surface area contributed by atoms with Gasteiger partial charge in [-0.15, -0.1) is 0 Å². The molecule has 3 heterocycles. The van der Waals surface area contributed by atoms with Gasteiger partial charge < -0.3 is 58.3 Å². The number of hydrogen-bond acceptors (Lipinski definition) is 11. The number of rotatable bonds is 27. The van der Waals surface area contributed by atoms with Gasteiger partial charge in [-0.05, 0) is 35.4 Å². The van der Waals surface area contributed by atoms with Gasteiger partial charge in [-0.25, -0.2) is 15.0 Å². The van der Waals surface area contributed by atoms with Crippen LogP contribution in [0.3, 0.4) is 0 Å².